The summed E-state index contributed by atoms with van der Waals surface area (Å²) in [6.45, 7) is 4.04. The van der Waals surface area contributed by atoms with Crippen molar-refractivity contribution in [3.63, 3.8) is 0 Å². The van der Waals surface area contributed by atoms with E-state index in [0.29, 0.717) is 5.95 Å². The van der Waals surface area contributed by atoms with Crippen LogP contribution in [0.3, 0.4) is 0 Å². The highest BCUT2D eigenvalue weighted by molar-refractivity contribution is 5.97. The Kier molecular flexibility index (Phi) is 4.63. The Hall–Kier alpha value is -2.94. The van der Waals surface area contributed by atoms with Crippen molar-refractivity contribution < 1.29 is 4.68 Å². The summed E-state index contributed by atoms with van der Waals surface area (Å²) in [5, 5.41) is 11.4. The normalized spacial score (nSPS) is 23.9. The van der Waals surface area contributed by atoms with Gasteiger partial charge in [0.1, 0.15) is 11.7 Å². The molecule has 2 N–H and O–H groups in total. The molecule has 4 aliphatic rings. The molecule has 3 aliphatic heterocycles. The minimum atomic E-state index is 0.157. The fourth-order valence-electron chi connectivity index (χ4n) is 5.50. The van der Waals surface area contributed by atoms with E-state index in [-0.39, 0.29) is 11.3 Å². The predicted molar refractivity (Wildman–Crippen MR) is 119 cm³/mol. The van der Waals surface area contributed by atoms with Crippen LogP contribution in [0.15, 0.2) is 34.8 Å². The minimum Gasteiger partial charge on any atom is -0.368 e. The zero-order chi connectivity index (χ0) is 20.7. The SMILES string of the molecule is C1=NC2=N[n+]3cnc(Nc4ccc(N5CCNCC5)cn4)nc3C2C2(C1)CCCCC2. The largest absolute Gasteiger partial charge is 0.380 e. The molecule has 6 rings (SSSR count). The molecular formula is C22H28N9+. The van der Waals surface area contributed by atoms with E-state index in [9.17, 15) is 0 Å². The number of aliphatic imine (C=N–C) groups is 1. The zero-order valence-corrected chi connectivity index (χ0v) is 17.7. The predicted octanol–water partition coefficient (Wildman–Crippen LogP) is 2.00. The molecule has 160 valence electrons. The summed E-state index contributed by atoms with van der Waals surface area (Å²) in [7, 11) is 0. The molecule has 1 unspecified atom stereocenters. The van der Waals surface area contributed by atoms with Crippen molar-refractivity contribution in [2.75, 3.05) is 36.4 Å². The lowest BCUT2D eigenvalue weighted by Crippen LogP contribution is -2.43. The van der Waals surface area contributed by atoms with Gasteiger partial charge in [0.15, 0.2) is 5.84 Å². The molecule has 1 saturated carbocycles. The number of aromatic nitrogens is 4. The molecule has 9 nitrogen and oxygen atoms in total. The molecule has 2 aromatic heterocycles. The average molecular weight is 419 g/mol. The fourth-order valence-corrected chi connectivity index (χ4v) is 5.50. The standard InChI is InChI=1S/C22H27N9/c1-2-6-22(7-3-1)8-9-24-19-18(22)20-28-21(26-15-31(20)29-19)27-17-5-4-16(14-25-17)30-12-10-23-11-13-30/h4-5,9,14-15,18,23H,1-3,6-8,10-13H2/p+1. The third-order valence-corrected chi connectivity index (χ3v) is 7.12. The van der Waals surface area contributed by atoms with Crippen LogP contribution in [0.1, 0.15) is 50.3 Å². The second-order valence-corrected chi connectivity index (χ2v) is 8.98. The van der Waals surface area contributed by atoms with Crippen molar-refractivity contribution in [1.29, 1.82) is 0 Å². The number of fused-ring (bicyclic) bond motifs is 4. The van der Waals surface area contributed by atoms with Gasteiger partial charge in [-0.1, -0.05) is 29.3 Å². The summed E-state index contributed by atoms with van der Waals surface area (Å²) >= 11 is 0. The van der Waals surface area contributed by atoms with Gasteiger partial charge >= 0.3 is 5.95 Å². The van der Waals surface area contributed by atoms with Crippen LogP contribution in [0.2, 0.25) is 0 Å². The molecule has 0 aromatic carbocycles. The van der Waals surface area contributed by atoms with E-state index >= 15 is 0 Å². The van der Waals surface area contributed by atoms with Crippen molar-refractivity contribution >= 4 is 29.5 Å². The quantitative estimate of drug-likeness (QED) is 0.741. The van der Waals surface area contributed by atoms with Crippen LogP contribution in [0, 0.1) is 5.41 Å². The first kappa shape index (κ1) is 18.8. The highest BCUT2D eigenvalue weighted by Crippen LogP contribution is 2.51. The van der Waals surface area contributed by atoms with E-state index in [1.165, 1.54) is 32.1 Å². The van der Waals surface area contributed by atoms with Gasteiger partial charge in [-0.25, -0.2) is 9.98 Å². The summed E-state index contributed by atoms with van der Waals surface area (Å²) in [6, 6.07) is 4.10. The number of rotatable bonds is 3. The molecule has 1 spiro atoms. The molecule has 31 heavy (non-hydrogen) atoms. The van der Waals surface area contributed by atoms with Gasteiger partial charge in [0.25, 0.3) is 12.2 Å². The zero-order valence-electron chi connectivity index (χ0n) is 17.7. The Labute approximate surface area is 181 Å². The molecule has 2 aromatic rings. The van der Waals surface area contributed by atoms with Gasteiger partial charge in [0, 0.05) is 32.4 Å². The molecule has 9 heteroatoms. The highest BCUT2D eigenvalue weighted by Gasteiger charge is 2.52. The number of hydrogen-bond donors (Lipinski definition) is 2. The molecule has 0 bridgehead atoms. The van der Waals surface area contributed by atoms with Crippen molar-refractivity contribution in [3.8, 4) is 0 Å². The maximum Gasteiger partial charge on any atom is 0.380 e. The topological polar surface area (TPSA) is 94.6 Å². The molecule has 0 radical (unpaired) electrons. The minimum absolute atomic E-state index is 0.157. The molecule has 1 aliphatic carbocycles. The Morgan fingerprint density at radius 2 is 1.97 bits per heavy atom. The van der Waals surface area contributed by atoms with E-state index in [2.05, 4.69) is 42.8 Å². The van der Waals surface area contributed by atoms with Crippen LogP contribution in [-0.4, -0.2) is 53.2 Å². The third kappa shape index (κ3) is 3.37. The van der Waals surface area contributed by atoms with E-state index in [1.54, 1.807) is 6.33 Å². The summed E-state index contributed by atoms with van der Waals surface area (Å²) in [5.74, 6) is 3.30. The van der Waals surface area contributed by atoms with Gasteiger partial charge in [-0.05, 0) is 41.8 Å². The summed E-state index contributed by atoms with van der Waals surface area (Å²) < 4.78 is 1.81. The van der Waals surface area contributed by atoms with Crippen LogP contribution in [0.5, 0.6) is 0 Å². The second kappa shape index (κ2) is 7.64. The summed E-state index contributed by atoms with van der Waals surface area (Å²) in [4.78, 5) is 20.9. The van der Waals surface area contributed by atoms with Crippen LogP contribution in [-0.2, 0) is 0 Å². The Balaban J connectivity index is 1.24. The van der Waals surface area contributed by atoms with Gasteiger partial charge in [0.05, 0.1) is 11.9 Å². The van der Waals surface area contributed by atoms with Crippen LogP contribution >= 0.6 is 0 Å². The summed E-state index contributed by atoms with van der Waals surface area (Å²) in [5.41, 5.74) is 1.35. The van der Waals surface area contributed by atoms with E-state index < -0.39 is 0 Å². The monoisotopic (exact) mass is 418 g/mol. The van der Waals surface area contributed by atoms with Gasteiger partial charge in [-0.2, -0.15) is 0 Å². The van der Waals surface area contributed by atoms with E-state index in [0.717, 1.165) is 55.8 Å². The number of amidine groups is 1. The average Bonchev–Trinajstić information content (AvgIpc) is 3.20. The molecule has 0 amide bonds. The van der Waals surface area contributed by atoms with Crippen molar-refractivity contribution in [1.82, 2.24) is 20.3 Å². The fraction of sp³-hybridized carbons (Fsp3) is 0.545. The van der Waals surface area contributed by atoms with Gasteiger partial charge in [-0.15, -0.1) is 4.68 Å². The lowest BCUT2D eigenvalue weighted by Gasteiger charge is -2.41. The first-order chi connectivity index (χ1) is 15.3. The smallest absolute Gasteiger partial charge is 0.368 e. The van der Waals surface area contributed by atoms with E-state index in [4.69, 9.17) is 10.1 Å². The van der Waals surface area contributed by atoms with Crippen LogP contribution in [0.25, 0.3) is 0 Å². The van der Waals surface area contributed by atoms with Crippen LogP contribution in [0.4, 0.5) is 17.5 Å². The maximum atomic E-state index is 4.89. The maximum absolute atomic E-state index is 4.89. The number of hydrogen-bond acceptors (Lipinski definition) is 8. The van der Waals surface area contributed by atoms with E-state index in [1.807, 2.05) is 16.9 Å². The first-order valence-electron chi connectivity index (χ1n) is 11.4. The summed E-state index contributed by atoms with van der Waals surface area (Å²) in [6.07, 6.45) is 13.0. The molecule has 1 saturated heterocycles. The lowest BCUT2D eigenvalue weighted by atomic mass is 9.62. The number of pyridine rings is 1. The van der Waals surface area contributed by atoms with Gasteiger partial charge in [-0.3, -0.25) is 5.32 Å². The third-order valence-electron chi connectivity index (χ3n) is 7.12. The highest BCUT2D eigenvalue weighted by atomic mass is 15.4. The Morgan fingerprint density at radius 1 is 1.10 bits per heavy atom. The molecule has 2 fully saturated rings. The Morgan fingerprint density at radius 3 is 2.77 bits per heavy atom. The second-order valence-electron chi connectivity index (χ2n) is 8.98. The number of anilines is 3. The number of nitrogens with zero attached hydrogens (tertiary/aromatic N) is 7. The van der Waals surface area contributed by atoms with Crippen LogP contribution < -0.4 is 20.2 Å². The lowest BCUT2D eigenvalue weighted by molar-refractivity contribution is -0.687. The first-order valence-corrected chi connectivity index (χ1v) is 11.4. The van der Waals surface area contributed by atoms with Crippen molar-refractivity contribution in [2.45, 2.75) is 44.4 Å². The molecular weight excluding hydrogens is 390 g/mol. The Bertz CT molecular complexity index is 1020. The van der Waals surface area contributed by atoms with Crippen molar-refractivity contribution in [2.24, 2.45) is 15.5 Å². The number of nitrogens with one attached hydrogen (secondary N) is 2. The van der Waals surface area contributed by atoms with Gasteiger partial charge < -0.3 is 10.2 Å². The van der Waals surface area contributed by atoms with Gasteiger partial charge in [0.2, 0.25) is 0 Å². The van der Waals surface area contributed by atoms with Crippen molar-refractivity contribution in [3.05, 3.63) is 30.5 Å². The number of piperazine rings is 1. The molecule has 5 heterocycles. The molecule has 1 atom stereocenters.